The third-order valence-corrected chi connectivity index (χ3v) is 2.21. The molecule has 1 aromatic carbocycles. The third kappa shape index (κ3) is 4.01. The fourth-order valence-corrected chi connectivity index (χ4v) is 1.27. The first-order valence-electron chi connectivity index (χ1n) is 4.58. The molecular formula is C11H17BrO2. The van der Waals surface area contributed by atoms with E-state index in [9.17, 15) is 0 Å². The predicted molar refractivity (Wildman–Crippen MR) is 63.5 cm³/mol. The molecule has 2 nitrogen and oxygen atoms in total. The second kappa shape index (κ2) is 7.68. The Morgan fingerprint density at radius 3 is 1.71 bits per heavy atom. The van der Waals surface area contributed by atoms with Gasteiger partial charge in [0.05, 0.1) is 14.2 Å². The van der Waals surface area contributed by atoms with E-state index in [0.717, 1.165) is 22.4 Å². The summed E-state index contributed by atoms with van der Waals surface area (Å²) in [5.41, 5.74) is 1.14. The van der Waals surface area contributed by atoms with Crippen LogP contribution in [-0.2, 0) is 5.33 Å². The zero-order chi connectivity index (χ0) is 11.0. The van der Waals surface area contributed by atoms with Crippen LogP contribution in [0.3, 0.4) is 0 Å². The number of hydrogen-bond acceptors (Lipinski definition) is 2. The van der Waals surface area contributed by atoms with Crippen molar-refractivity contribution in [3.63, 3.8) is 0 Å². The van der Waals surface area contributed by atoms with E-state index in [1.807, 2.05) is 32.0 Å². The van der Waals surface area contributed by atoms with Crippen molar-refractivity contribution in [2.24, 2.45) is 0 Å². The topological polar surface area (TPSA) is 18.5 Å². The van der Waals surface area contributed by atoms with Gasteiger partial charge in [-0.15, -0.1) is 0 Å². The smallest absolute Gasteiger partial charge is 0.122 e. The molecule has 0 fully saturated rings. The summed E-state index contributed by atoms with van der Waals surface area (Å²) in [5, 5.41) is 0.806. The number of alkyl halides is 1. The van der Waals surface area contributed by atoms with E-state index in [4.69, 9.17) is 9.47 Å². The van der Waals surface area contributed by atoms with Gasteiger partial charge in [0, 0.05) is 11.4 Å². The molecule has 0 atom stereocenters. The van der Waals surface area contributed by atoms with Gasteiger partial charge in [0.15, 0.2) is 0 Å². The minimum absolute atomic E-state index is 0.806. The number of methoxy groups -OCH3 is 2. The van der Waals surface area contributed by atoms with Gasteiger partial charge in [0.25, 0.3) is 0 Å². The molecule has 80 valence electrons. The van der Waals surface area contributed by atoms with Crippen molar-refractivity contribution < 1.29 is 9.47 Å². The van der Waals surface area contributed by atoms with Gasteiger partial charge in [0.2, 0.25) is 0 Å². The first-order chi connectivity index (χ1) is 6.80. The van der Waals surface area contributed by atoms with Gasteiger partial charge < -0.3 is 9.47 Å². The van der Waals surface area contributed by atoms with Crippen LogP contribution in [0.15, 0.2) is 18.2 Å². The van der Waals surface area contributed by atoms with Crippen LogP contribution in [-0.4, -0.2) is 14.2 Å². The van der Waals surface area contributed by atoms with Crippen LogP contribution >= 0.6 is 15.9 Å². The van der Waals surface area contributed by atoms with Crippen LogP contribution in [0.25, 0.3) is 0 Å². The van der Waals surface area contributed by atoms with Gasteiger partial charge in [-0.2, -0.15) is 0 Å². The van der Waals surface area contributed by atoms with E-state index in [1.54, 1.807) is 14.2 Å². The van der Waals surface area contributed by atoms with E-state index in [1.165, 1.54) is 0 Å². The summed E-state index contributed by atoms with van der Waals surface area (Å²) in [5.74, 6) is 1.65. The molecule has 0 aliphatic heterocycles. The summed E-state index contributed by atoms with van der Waals surface area (Å²) in [6, 6.07) is 5.79. The maximum absolute atomic E-state index is 5.10. The molecular weight excluding hydrogens is 244 g/mol. The lowest BCUT2D eigenvalue weighted by atomic mass is 10.2. The van der Waals surface area contributed by atoms with Crippen LogP contribution in [0.5, 0.6) is 11.5 Å². The molecule has 0 heterocycles. The third-order valence-electron chi connectivity index (χ3n) is 1.57. The lowest BCUT2D eigenvalue weighted by Gasteiger charge is -2.05. The molecule has 0 saturated carbocycles. The summed E-state index contributed by atoms with van der Waals surface area (Å²) in [6.07, 6.45) is 0. The van der Waals surface area contributed by atoms with Gasteiger partial charge in [-0.05, 0) is 17.7 Å². The van der Waals surface area contributed by atoms with Gasteiger partial charge in [-0.3, -0.25) is 0 Å². The zero-order valence-corrected chi connectivity index (χ0v) is 10.7. The Morgan fingerprint density at radius 2 is 1.43 bits per heavy atom. The van der Waals surface area contributed by atoms with E-state index in [0.29, 0.717) is 0 Å². The van der Waals surface area contributed by atoms with E-state index >= 15 is 0 Å². The van der Waals surface area contributed by atoms with E-state index in [2.05, 4.69) is 15.9 Å². The molecule has 0 saturated heterocycles. The summed E-state index contributed by atoms with van der Waals surface area (Å²) >= 11 is 3.37. The van der Waals surface area contributed by atoms with Crippen molar-refractivity contribution in [2.75, 3.05) is 14.2 Å². The quantitative estimate of drug-likeness (QED) is 0.773. The molecule has 0 amide bonds. The second-order valence-corrected chi connectivity index (χ2v) is 2.92. The molecule has 0 aliphatic carbocycles. The summed E-state index contributed by atoms with van der Waals surface area (Å²) in [7, 11) is 3.29. The normalized spacial score (nSPS) is 8.64. The second-order valence-electron chi connectivity index (χ2n) is 2.35. The monoisotopic (exact) mass is 260 g/mol. The Bertz CT molecular complexity index is 206. The number of benzene rings is 1. The maximum atomic E-state index is 5.10. The molecule has 1 aromatic rings. The van der Waals surface area contributed by atoms with Crippen molar-refractivity contribution >= 4 is 15.9 Å². The average Bonchev–Trinajstić information content (AvgIpc) is 2.30. The van der Waals surface area contributed by atoms with Crippen molar-refractivity contribution in [3.05, 3.63) is 23.8 Å². The molecule has 3 heteroatoms. The Labute approximate surface area is 94.4 Å². The summed E-state index contributed by atoms with van der Waals surface area (Å²) < 4.78 is 10.2. The summed E-state index contributed by atoms with van der Waals surface area (Å²) in [4.78, 5) is 0. The van der Waals surface area contributed by atoms with E-state index < -0.39 is 0 Å². The number of halogens is 1. The predicted octanol–water partition coefficient (Wildman–Crippen LogP) is 3.62. The molecule has 0 unspecified atom stereocenters. The fourth-order valence-electron chi connectivity index (χ4n) is 0.944. The Hall–Kier alpha value is -0.700. The van der Waals surface area contributed by atoms with Crippen LogP contribution in [0.1, 0.15) is 19.4 Å². The lowest BCUT2D eigenvalue weighted by molar-refractivity contribution is 0.393. The lowest BCUT2D eigenvalue weighted by Crippen LogP contribution is -1.89. The highest BCUT2D eigenvalue weighted by Crippen LogP contribution is 2.23. The Balaban J connectivity index is 0.000000791. The number of hydrogen-bond donors (Lipinski definition) is 0. The van der Waals surface area contributed by atoms with Gasteiger partial charge in [0.1, 0.15) is 11.5 Å². The standard InChI is InChI=1S/C9H11BrO2.C2H6/c1-11-8-3-7(6-10)4-9(5-8)12-2;1-2/h3-5H,6H2,1-2H3;1-2H3. The maximum Gasteiger partial charge on any atom is 0.122 e. The van der Waals surface area contributed by atoms with Gasteiger partial charge in [-0.25, -0.2) is 0 Å². The first kappa shape index (κ1) is 13.3. The minimum Gasteiger partial charge on any atom is -0.497 e. The van der Waals surface area contributed by atoms with Crippen molar-refractivity contribution in [3.8, 4) is 11.5 Å². The SMILES string of the molecule is CC.COc1cc(CBr)cc(OC)c1. The first-order valence-corrected chi connectivity index (χ1v) is 5.70. The Morgan fingerprint density at radius 1 is 1.00 bits per heavy atom. The molecule has 1 rings (SSSR count). The molecule has 0 radical (unpaired) electrons. The largest absolute Gasteiger partial charge is 0.497 e. The summed E-state index contributed by atoms with van der Waals surface area (Å²) in [6.45, 7) is 4.00. The van der Waals surface area contributed by atoms with Crippen LogP contribution in [0.4, 0.5) is 0 Å². The van der Waals surface area contributed by atoms with Crippen molar-refractivity contribution in [1.29, 1.82) is 0 Å². The molecule has 0 N–H and O–H groups in total. The van der Waals surface area contributed by atoms with Gasteiger partial charge >= 0.3 is 0 Å². The van der Waals surface area contributed by atoms with Gasteiger partial charge in [-0.1, -0.05) is 29.8 Å². The highest BCUT2D eigenvalue weighted by Gasteiger charge is 1.99. The molecule has 0 aliphatic rings. The highest BCUT2D eigenvalue weighted by atomic mass is 79.9. The van der Waals surface area contributed by atoms with Crippen molar-refractivity contribution in [1.82, 2.24) is 0 Å². The zero-order valence-electron chi connectivity index (χ0n) is 9.13. The highest BCUT2D eigenvalue weighted by molar-refractivity contribution is 9.08. The molecule has 0 aromatic heterocycles. The van der Waals surface area contributed by atoms with Crippen molar-refractivity contribution in [2.45, 2.75) is 19.2 Å². The fraction of sp³-hybridized carbons (Fsp3) is 0.455. The average molecular weight is 261 g/mol. The molecule has 0 spiro atoms. The molecule has 14 heavy (non-hydrogen) atoms. The van der Waals surface area contributed by atoms with Crippen LogP contribution in [0, 0.1) is 0 Å². The minimum atomic E-state index is 0.806. The molecule has 0 bridgehead atoms. The van der Waals surface area contributed by atoms with E-state index in [-0.39, 0.29) is 0 Å². The number of rotatable bonds is 3. The van der Waals surface area contributed by atoms with Crippen LogP contribution in [0.2, 0.25) is 0 Å². The Kier molecular flexibility index (Phi) is 7.30. The van der Waals surface area contributed by atoms with Crippen LogP contribution < -0.4 is 9.47 Å². The number of ether oxygens (including phenoxy) is 2.